The Labute approximate surface area is 199 Å². The number of amides is 1. The van der Waals surface area contributed by atoms with Gasteiger partial charge in [0.05, 0.1) is 18.2 Å². The zero-order chi connectivity index (χ0) is 24.2. The van der Waals surface area contributed by atoms with E-state index >= 15 is 0 Å². The van der Waals surface area contributed by atoms with Crippen LogP contribution in [0.5, 0.6) is 5.75 Å². The first-order valence-corrected chi connectivity index (χ1v) is 11.7. The topological polar surface area (TPSA) is 91.8 Å². The number of aromatic carboxylic acids is 1. The van der Waals surface area contributed by atoms with Crippen LogP contribution < -0.4 is 15.0 Å². The molecule has 0 radical (unpaired) electrons. The quantitative estimate of drug-likeness (QED) is 0.542. The van der Waals surface area contributed by atoms with Crippen molar-refractivity contribution >= 4 is 28.6 Å². The zero-order valence-corrected chi connectivity index (χ0v) is 19.9. The normalized spacial score (nSPS) is 18.0. The Morgan fingerprint density at radius 3 is 2.53 bits per heavy atom. The largest absolute Gasteiger partial charge is 0.496 e. The third-order valence-corrected chi connectivity index (χ3v) is 6.31. The lowest BCUT2D eigenvalue weighted by molar-refractivity contribution is 0.0693. The highest BCUT2D eigenvalue weighted by Gasteiger charge is 2.26. The highest BCUT2D eigenvalue weighted by molar-refractivity contribution is 6.02. The molecule has 1 fully saturated rings. The molecule has 7 heteroatoms. The number of piperidine rings is 1. The van der Waals surface area contributed by atoms with Crippen molar-refractivity contribution < 1.29 is 19.4 Å². The summed E-state index contributed by atoms with van der Waals surface area (Å²) in [5, 5.41) is 13.2. The van der Waals surface area contributed by atoms with Gasteiger partial charge in [-0.3, -0.25) is 4.79 Å². The summed E-state index contributed by atoms with van der Waals surface area (Å²) in [5.74, 6) is 0.934. The second kappa shape index (κ2) is 10.1. The molecule has 0 bridgehead atoms. The van der Waals surface area contributed by atoms with Gasteiger partial charge in [-0.2, -0.15) is 0 Å². The van der Waals surface area contributed by atoms with Gasteiger partial charge in [0.25, 0.3) is 5.91 Å². The summed E-state index contributed by atoms with van der Waals surface area (Å²) in [6, 6.07) is 14.8. The molecule has 7 nitrogen and oxygen atoms in total. The minimum atomic E-state index is -1.03. The van der Waals surface area contributed by atoms with Gasteiger partial charge in [-0.05, 0) is 54.5 Å². The van der Waals surface area contributed by atoms with Crippen molar-refractivity contribution in [3.63, 3.8) is 0 Å². The number of benzene rings is 2. The summed E-state index contributed by atoms with van der Waals surface area (Å²) in [6.07, 6.45) is 1.73. The van der Waals surface area contributed by atoms with E-state index in [0.29, 0.717) is 36.1 Å². The summed E-state index contributed by atoms with van der Waals surface area (Å²) in [6.45, 7) is 6.66. The van der Waals surface area contributed by atoms with Gasteiger partial charge in [0.15, 0.2) is 0 Å². The number of carboxylic acid groups (broad SMARTS) is 1. The average molecular weight is 462 g/mol. The first kappa shape index (κ1) is 23.5. The van der Waals surface area contributed by atoms with Gasteiger partial charge in [0, 0.05) is 25.0 Å². The minimum absolute atomic E-state index is 0.118. The van der Waals surface area contributed by atoms with Crippen LogP contribution in [-0.4, -0.2) is 48.7 Å². The highest BCUT2D eigenvalue weighted by Crippen LogP contribution is 2.30. The summed E-state index contributed by atoms with van der Waals surface area (Å²) in [5.41, 5.74) is 2.47. The summed E-state index contributed by atoms with van der Waals surface area (Å²) in [4.78, 5) is 31.7. The number of hydrogen-bond donors (Lipinski definition) is 2. The van der Waals surface area contributed by atoms with Crippen LogP contribution in [0.4, 0.5) is 5.82 Å². The fraction of sp³-hybridized carbons (Fsp3) is 0.370. The highest BCUT2D eigenvalue weighted by atomic mass is 16.5. The number of anilines is 1. The minimum Gasteiger partial charge on any atom is -0.496 e. The van der Waals surface area contributed by atoms with Crippen LogP contribution in [0.15, 0.2) is 48.5 Å². The molecule has 0 saturated carbocycles. The number of carbonyl (C=O) groups is 2. The predicted octanol–water partition coefficient (Wildman–Crippen LogP) is 4.40. The van der Waals surface area contributed by atoms with Crippen molar-refractivity contribution in [1.82, 2.24) is 10.3 Å². The molecule has 1 amide bonds. The lowest BCUT2D eigenvalue weighted by Crippen LogP contribution is -2.40. The molecule has 2 atom stereocenters. The molecule has 2 N–H and O–H groups in total. The molecule has 1 saturated heterocycles. The maximum Gasteiger partial charge on any atom is 0.339 e. The Bertz CT molecular complexity index is 1200. The van der Waals surface area contributed by atoms with Crippen molar-refractivity contribution in [2.24, 2.45) is 11.8 Å². The third kappa shape index (κ3) is 5.14. The van der Waals surface area contributed by atoms with Crippen molar-refractivity contribution in [2.75, 3.05) is 31.6 Å². The standard InChI is InChI=1S/C27H31N3O4/c1-17-12-18(2)16-30(15-17)25-22(14-20-6-4-5-7-23(20)29-25)26(31)28-11-10-19-8-9-21(27(32)33)24(13-19)34-3/h4-9,13-14,17-18H,10-12,15-16H2,1-3H3,(H,28,31)(H,32,33). The molecule has 2 heterocycles. The van der Waals surface area contributed by atoms with Crippen LogP contribution in [0, 0.1) is 11.8 Å². The summed E-state index contributed by atoms with van der Waals surface area (Å²) >= 11 is 0. The Morgan fingerprint density at radius 1 is 1.09 bits per heavy atom. The number of para-hydroxylation sites is 1. The molecule has 1 aliphatic heterocycles. The van der Waals surface area contributed by atoms with Crippen LogP contribution in [0.1, 0.15) is 46.5 Å². The number of hydrogen-bond acceptors (Lipinski definition) is 5. The fourth-order valence-electron chi connectivity index (χ4n) is 4.83. The fourth-order valence-corrected chi connectivity index (χ4v) is 4.83. The van der Waals surface area contributed by atoms with E-state index in [9.17, 15) is 14.7 Å². The van der Waals surface area contributed by atoms with E-state index in [1.54, 1.807) is 12.1 Å². The van der Waals surface area contributed by atoms with E-state index in [1.807, 2.05) is 30.3 Å². The van der Waals surface area contributed by atoms with E-state index in [1.165, 1.54) is 19.6 Å². The van der Waals surface area contributed by atoms with Gasteiger partial charge in [-0.1, -0.05) is 38.1 Å². The van der Waals surface area contributed by atoms with Gasteiger partial charge in [-0.25, -0.2) is 9.78 Å². The number of methoxy groups -OCH3 is 1. The van der Waals surface area contributed by atoms with Gasteiger partial charge < -0.3 is 20.1 Å². The van der Waals surface area contributed by atoms with E-state index in [2.05, 4.69) is 24.1 Å². The number of ether oxygens (including phenoxy) is 1. The zero-order valence-electron chi connectivity index (χ0n) is 19.9. The lowest BCUT2D eigenvalue weighted by atomic mass is 9.91. The number of fused-ring (bicyclic) bond motifs is 1. The van der Waals surface area contributed by atoms with Crippen LogP contribution in [-0.2, 0) is 6.42 Å². The number of nitrogens with zero attached hydrogens (tertiary/aromatic N) is 2. The first-order valence-electron chi connectivity index (χ1n) is 11.7. The molecular weight excluding hydrogens is 430 g/mol. The Hall–Kier alpha value is -3.61. The Balaban J connectivity index is 1.54. The SMILES string of the molecule is COc1cc(CCNC(=O)c2cc3ccccc3nc2N2CC(C)CC(C)C2)ccc1C(=O)O. The Kier molecular flexibility index (Phi) is 7.01. The summed E-state index contributed by atoms with van der Waals surface area (Å²) < 4.78 is 5.20. The summed E-state index contributed by atoms with van der Waals surface area (Å²) in [7, 11) is 1.45. The van der Waals surface area contributed by atoms with Crippen LogP contribution >= 0.6 is 0 Å². The van der Waals surface area contributed by atoms with Crippen LogP contribution in [0.3, 0.4) is 0 Å². The monoisotopic (exact) mass is 461 g/mol. The molecule has 2 unspecified atom stereocenters. The molecule has 4 rings (SSSR count). The number of carbonyl (C=O) groups excluding carboxylic acids is 1. The number of pyridine rings is 1. The molecular formula is C27H31N3O4. The van der Waals surface area contributed by atoms with Crippen molar-refractivity contribution in [1.29, 1.82) is 0 Å². The van der Waals surface area contributed by atoms with E-state index in [0.717, 1.165) is 35.4 Å². The maximum atomic E-state index is 13.3. The van der Waals surface area contributed by atoms with Crippen molar-refractivity contribution in [2.45, 2.75) is 26.7 Å². The van der Waals surface area contributed by atoms with Crippen molar-refractivity contribution in [3.8, 4) is 5.75 Å². The van der Waals surface area contributed by atoms with Crippen molar-refractivity contribution in [3.05, 3.63) is 65.2 Å². The predicted molar refractivity (Wildman–Crippen MR) is 133 cm³/mol. The molecule has 1 aromatic heterocycles. The second-order valence-electron chi connectivity index (χ2n) is 9.25. The third-order valence-electron chi connectivity index (χ3n) is 6.31. The molecule has 34 heavy (non-hydrogen) atoms. The molecule has 2 aromatic carbocycles. The number of rotatable bonds is 7. The first-order chi connectivity index (χ1) is 16.4. The van der Waals surface area contributed by atoms with Gasteiger partial charge in [-0.15, -0.1) is 0 Å². The van der Waals surface area contributed by atoms with E-state index < -0.39 is 5.97 Å². The molecule has 0 aliphatic carbocycles. The second-order valence-corrected chi connectivity index (χ2v) is 9.25. The van der Waals surface area contributed by atoms with E-state index in [-0.39, 0.29) is 11.5 Å². The Morgan fingerprint density at radius 2 is 1.82 bits per heavy atom. The maximum absolute atomic E-state index is 13.3. The smallest absolute Gasteiger partial charge is 0.339 e. The van der Waals surface area contributed by atoms with Crippen LogP contribution in [0.2, 0.25) is 0 Å². The van der Waals surface area contributed by atoms with Gasteiger partial charge >= 0.3 is 5.97 Å². The number of nitrogens with one attached hydrogen (secondary N) is 1. The number of carboxylic acids is 1. The number of aromatic nitrogens is 1. The van der Waals surface area contributed by atoms with E-state index in [4.69, 9.17) is 9.72 Å². The van der Waals surface area contributed by atoms with Gasteiger partial charge in [0.2, 0.25) is 0 Å². The lowest BCUT2D eigenvalue weighted by Gasteiger charge is -2.36. The molecule has 178 valence electrons. The molecule has 3 aromatic rings. The molecule has 1 aliphatic rings. The van der Waals surface area contributed by atoms with Crippen LogP contribution in [0.25, 0.3) is 10.9 Å². The average Bonchev–Trinajstić information content (AvgIpc) is 2.82. The molecule has 0 spiro atoms. The van der Waals surface area contributed by atoms with Gasteiger partial charge in [0.1, 0.15) is 17.1 Å².